The molecule has 0 bridgehead atoms. The Morgan fingerprint density at radius 2 is 1.52 bits per heavy atom. The topological polar surface area (TPSA) is 83.5 Å². The molecule has 25 heavy (non-hydrogen) atoms. The zero-order chi connectivity index (χ0) is 19.3. The lowest BCUT2D eigenvalue weighted by molar-refractivity contribution is -0.307. The third-order valence-corrected chi connectivity index (χ3v) is 6.96. The van der Waals surface area contributed by atoms with Gasteiger partial charge in [-0.2, -0.15) is 0 Å². The predicted molar refractivity (Wildman–Crippen MR) is 94.4 cm³/mol. The van der Waals surface area contributed by atoms with E-state index in [-0.39, 0.29) is 23.8 Å². The highest BCUT2D eigenvalue weighted by atomic mass is 16.4. The van der Waals surface area contributed by atoms with Gasteiger partial charge in [0.1, 0.15) is 0 Å². The number of aliphatic carboxylic acids is 2. The molecule has 146 valence electrons. The van der Waals surface area contributed by atoms with Crippen LogP contribution in [0.3, 0.4) is 0 Å². The molecule has 0 aromatic carbocycles. The molecule has 0 spiro atoms. The van der Waals surface area contributed by atoms with Crippen LogP contribution in [0, 0.1) is 17.3 Å². The maximum atomic E-state index is 10.8. The zero-order valence-corrected chi connectivity index (χ0v) is 16.6. The maximum Gasteiger partial charge on any atom is 0.0414 e. The lowest BCUT2D eigenvalue weighted by Crippen LogP contribution is -2.60. The minimum Gasteiger partial charge on any atom is -0.550 e. The van der Waals surface area contributed by atoms with E-state index in [1.165, 1.54) is 0 Å². The van der Waals surface area contributed by atoms with Gasteiger partial charge in [0, 0.05) is 17.5 Å². The molecule has 1 aliphatic rings. The third kappa shape index (κ3) is 5.70. The van der Waals surface area contributed by atoms with E-state index in [1.807, 2.05) is 0 Å². The molecule has 1 aliphatic heterocycles. The molecule has 1 heterocycles. The average Bonchev–Trinajstić information content (AvgIpc) is 2.48. The van der Waals surface area contributed by atoms with Crippen molar-refractivity contribution in [2.45, 2.75) is 84.6 Å². The van der Waals surface area contributed by atoms with Gasteiger partial charge in [0.2, 0.25) is 0 Å². The van der Waals surface area contributed by atoms with Gasteiger partial charge in [-0.3, -0.25) is 0 Å². The summed E-state index contributed by atoms with van der Waals surface area (Å²) in [4.78, 5) is 23.8. The molecule has 2 atom stereocenters. The van der Waals surface area contributed by atoms with Crippen molar-refractivity contribution in [1.82, 2.24) is 4.90 Å². The highest BCUT2D eigenvalue weighted by molar-refractivity contribution is 5.64. The Kier molecular flexibility index (Phi) is 7.91. The lowest BCUT2D eigenvalue weighted by Gasteiger charge is -2.58. The SMILES string of the molecule is CN1CCC(C(CCCCC(=O)[O-])CCCC(=O)[O-])C(C)(C)C1(C)C. The standard InChI is InChI=1S/C20H37NO4/c1-19(2)16(13-14-21(5)20(19,3)4)15(10-8-12-18(24)25)9-6-7-11-17(22)23/h15-16H,6-14H2,1-5H3,(H,22,23)(H,24,25)/p-2. The Morgan fingerprint density at radius 1 is 1.00 bits per heavy atom. The van der Waals surface area contributed by atoms with Crippen LogP contribution in [0.4, 0.5) is 0 Å². The van der Waals surface area contributed by atoms with E-state index in [0.29, 0.717) is 24.7 Å². The van der Waals surface area contributed by atoms with Gasteiger partial charge in [0.25, 0.3) is 0 Å². The van der Waals surface area contributed by atoms with Crippen LogP contribution in [0.2, 0.25) is 0 Å². The number of piperidine rings is 1. The average molecular weight is 354 g/mol. The van der Waals surface area contributed by atoms with Crippen molar-refractivity contribution in [3.63, 3.8) is 0 Å². The Bertz CT molecular complexity index is 459. The summed E-state index contributed by atoms with van der Waals surface area (Å²) in [5.74, 6) is -1.06. The molecule has 0 radical (unpaired) electrons. The fourth-order valence-electron chi connectivity index (χ4n) is 4.47. The van der Waals surface area contributed by atoms with Crippen molar-refractivity contribution in [3.8, 4) is 0 Å². The molecular weight excluding hydrogens is 318 g/mol. The molecule has 2 unspecified atom stereocenters. The van der Waals surface area contributed by atoms with Crippen LogP contribution >= 0.6 is 0 Å². The van der Waals surface area contributed by atoms with Gasteiger partial charge in [0.15, 0.2) is 0 Å². The van der Waals surface area contributed by atoms with E-state index < -0.39 is 11.9 Å². The number of carboxylic acids is 2. The second kappa shape index (κ2) is 9.02. The summed E-state index contributed by atoms with van der Waals surface area (Å²) in [5.41, 5.74) is 0.161. The molecule has 1 saturated heterocycles. The number of rotatable bonds is 10. The van der Waals surface area contributed by atoms with Crippen LogP contribution in [-0.2, 0) is 9.59 Å². The van der Waals surface area contributed by atoms with Crippen molar-refractivity contribution in [1.29, 1.82) is 0 Å². The number of unbranched alkanes of at least 4 members (excludes halogenated alkanes) is 1. The monoisotopic (exact) mass is 353 g/mol. The van der Waals surface area contributed by atoms with Gasteiger partial charge < -0.3 is 24.7 Å². The number of hydrogen-bond acceptors (Lipinski definition) is 5. The fourth-order valence-corrected chi connectivity index (χ4v) is 4.47. The number of carbonyl (C=O) groups excluding carboxylic acids is 2. The van der Waals surface area contributed by atoms with E-state index in [1.54, 1.807) is 0 Å². The smallest absolute Gasteiger partial charge is 0.0414 e. The van der Waals surface area contributed by atoms with Gasteiger partial charge in [-0.15, -0.1) is 0 Å². The second-order valence-electron chi connectivity index (χ2n) is 8.74. The van der Waals surface area contributed by atoms with Crippen LogP contribution in [0.25, 0.3) is 0 Å². The maximum absolute atomic E-state index is 10.8. The Hall–Kier alpha value is -1.10. The number of likely N-dealkylation sites (tertiary alicyclic amines) is 1. The van der Waals surface area contributed by atoms with Gasteiger partial charge >= 0.3 is 0 Å². The van der Waals surface area contributed by atoms with E-state index in [4.69, 9.17) is 0 Å². The van der Waals surface area contributed by atoms with E-state index in [0.717, 1.165) is 32.2 Å². The molecule has 0 aromatic heterocycles. The Morgan fingerprint density at radius 3 is 2.08 bits per heavy atom. The lowest BCUT2D eigenvalue weighted by atomic mass is 9.57. The van der Waals surface area contributed by atoms with Crippen molar-refractivity contribution in [3.05, 3.63) is 0 Å². The molecule has 0 amide bonds. The second-order valence-corrected chi connectivity index (χ2v) is 8.74. The van der Waals surface area contributed by atoms with Gasteiger partial charge in [-0.25, -0.2) is 0 Å². The van der Waals surface area contributed by atoms with Gasteiger partial charge in [-0.1, -0.05) is 26.7 Å². The highest BCUT2D eigenvalue weighted by Crippen LogP contribution is 2.51. The first-order valence-electron chi connectivity index (χ1n) is 9.61. The van der Waals surface area contributed by atoms with Crippen LogP contribution in [0.15, 0.2) is 0 Å². The van der Waals surface area contributed by atoms with E-state index in [9.17, 15) is 19.8 Å². The van der Waals surface area contributed by atoms with Gasteiger partial charge in [0.05, 0.1) is 0 Å². The molecule has 5 heteroatoms. The third-order valence-electron chi connectivity index (χ3n) is 6.96. The highest BCUT2D eigenvalue weighted by Gasteiger charge is 2.50. The van der Waals surface area contributed by atoms with Crippen molar-refractivity contribution in [2.24, 2.45) is 17.3 Å². The van der Waals surface area contributed by atoms with Crippen LogP contribution in [0.1, 0.15) is 79.1 Å². The number of hydrogen-bond donors (Lipinski definition) is 0. The van der Waals surface area contributed by atoms with Crippen LogP contribution in [-0.4, -0.2) is 36.0 Å². The molecule has 0 saturated carbocycles. The Balaban J connectivity index is 2.81. The van der Waals surface area contributed by atoms with Crippen LogP contribution < -0.4 is 10.2 Å². The van der Waals surface area contributed by atoms with Gasteiger partial charge in [-0.05, 0) is 83.2 Å². The largest absolute Gasteiger partial charge is 0.550 e. The molecule has 5 nitrogen and oxygen atoms in total. The van der Waals surface area contributed by atoms with Crippen molar-refractivity contribution in [2.75, 3.05) is 13.6 Å². The quantitative estimate of drug-likeness (QED) is 0.557. The summed E-state index contributed by atoms with van der Waals surface area (Å²) < 4.78 is 0. The first-order chi connectivity index (χ1) is 11.5. The normalized spacial score (nSPS) is 24.0. The molecule has 0 aromatic rings. The molecule has 1 fully saturated rings. The van der Waals surface area contributed by atoms with Crippen molar-refractivity contribution < 1.29 is 19.8 Å². The first kappa shape index (κ1) is 21.9. The minimum atomic E-state index is -0.991. The van der Waals surface area contributed by atoms with Crippen molar-refractivity contribution >= 4 is 11.9 Å². The summed E-state index contributed by atoms with van der Waals surface area (Å²) in [7, 11) is 2.17. The molecular formula is C20H35NO4-2. The number of carbonyl (C=O) groups is 2. The predicted octanol–water partition coefficient (Wildman–Crippen LogP) is 1.59. The minimum absolute atomic E-state index is 0.0630. The van der Waals surface area contributed by atoms with E-state index in [2.05, 4.69) is 39.6 Å². The summed E-state index contributed by atoms with van der Waals surface area (Å²) >= 11 is 0. The molecule has 0 aliphatic carbocycles. The summed E-state index contributed by atoms with van der Waals surface area (Å²) in [6.45, 7) is 10.2. The summed E-state index contributed by atoms with van der Waals surface area (Å²) in [6.07, 6.45) is 5.25. The van der Waals surface area contributed by atoms with Crippen LogP contribution in [0.5, 0.6) is 0 Å². The number of carboxylic acid groups (broad SMARTS) is 2. The summed E-state index contributed by atoms with van der Waals surface area (Å²) in [6, 6.07) is 0. The fraction of sp³-hybridized carbons (Fsp3) is 0.900. The zero-order valence-electron chi connectivity index (χ0n) is 16.6. The van der Waals surface area contributed by atoms with E-state index >= 15 is 0 Å². The summed E-state index contributed by atoms with van der Waals surface area (Å²) in [5, 5.41) is 21.4. The molecule has 1 rings (SSSR count). The first-order valence-corrected chi connectivity index (χ1v) is 9.61. The Labute approximate surface area is 152 Å². The number of nitrogens with zero attached hydrogens (tertiary/aromatic N) is 1. The molecule has 0 N–H and O–H groups in total.